The lowest BCUT2D eigenvalue weighted by molar-refractivity contribution is -0.118. The van der Waals surface area contributed by atoms with Crippen molar-refractivity contribution in [3.63, 3.8) is 0 Å². The van der Waals surface area contributed by atoms with Gasteiger partial charge in [-0.05, 0) is 65.5 Å². The van der Waals surface area contributed by atoms with Gasteiger partial charge in [0.25, 0.3) is 0 Å². The zero-order valence-corrected chi connectivity index (χ0v) is 16.4. The third-order valence-corrected chi connectivity index (χ3v) is 7.94. The fraction of sp³-hybridized carbons (Fsp3) is 0.316. The summed E-state index contributed by atoms with van der Waals surface area (Å²) in [6.07, 6.45) is 2.15. The second-order valence-corrected chi connectivity index (χ2v) is 9.57. The van der Waals surface area contributed by atoms with Crippen molar-refractivity contribution in [3.8, 4) is 0 Å². The molecule has 2 aromatic rings. The Hall–Kier alpha value is -1.66. The first-order valence-corrected chi connectivity index (χ1v) is 10.5. The van der Waals surface area contributed by atoms with Crippen molar-refractivity contribution >= 4 is 37.4 Å². The van der Waals surface area contributed by atoms with Crippen molar-refractivity contribution in [2.24, 2.45) is 0 Å². The molecule has 25 heavy (non-hydrogen) atoms. The lowest BCUT2D eigenvalue weighted by Gasteiger charge is -2.28. The molecule has 3 rings (SSSR count). The Kier molecular flexibility index (Phi) is 5.02. The van der Waals surface area contributed by atoms with Gasteiger partial charge in [-0.25, -0.2) is 8.42 Å². The van der Waals surface area contributed by atoms with Crippen LogP contribution in [-0.2, 0) is 14.6 Å². The number of carbonyl (C=O) groups excluding carboxylic acids is 1. The summed E-state index contributed by atoms with van der Waals surface area (Å²) in [4.78, 5) is 13.3. The molecule has 1 fully saturated rings. The summed E-state index contributed by atoms with van der Waals surface area (Å²) in [5.41, 5.74) is 1.64. The molecule has 0 heterocycles. The first-order valence-electron chi connectivity index (χ1n) is 8.24. The van der Waals surface area contributed by atoms with Crippen LogP contribution in [0.2, 0.25) is 0 Å². The molecule has 0 aromatic heterocycles. The Balaban J connectivity index is 1.99. The molecular weight excluding hydrogens is 402 g/mol. The normalized spacial score (nSPS) is 16.6. The molecule has 0 radical (unpaired) electrons. The maximum absolute atomic E-state index is 13.3. The van der Waals surface area contributed by atoms with E-state index in [1.165, 1.54) is 0 Å². The second kappa shape index (κ2) is 6.92. The van der Waals surface area contributed by atoms with Crippen LogP contribution in [0.3, 0.4) is 0 Å². The first kappa shape index (κ1) is 18.1. The number of anilines is 1. The van der Waals surface area contributed by atoms with E-state index < -0.39 is 20.5 Å². The molecule has 1 aliphatic rings. The molecule has 6 heteroatoms. The number of hydrogen-bond acceptors (Lipinski definition) is 3. The van der Waals surface area contributed by atoms with Crippen LogP contribution >= 0.6 is 15.9 Å². The van der Waals surface area contributed by atoms with Gasteiger partial charge in [0.2, 0.25) is 5.91 Å². The minimum absolute atomic E-state index is 0.204. The first-order chi connectivity index (χ1) is 11.9. The van der Waals surface area contributed by atoms with Crippen molar-refractivity contribution in [2.75, 3.05) is 5.32 Å². The van der Waals surface area contributed by atoms with Crippen molar-refractivity contribution in [3.05, 3.63) is 58.6 Å². The highest BCUT2D eigenvalue weighted by atomic mass is 79.9. The molecule has 0 unspecified atom stereocenters. The van der Waals surface area contributed by atoms with E-state index in [4.69, 9.17) is 0 Å². The highest BCUT2D eigenvalue weighted by Crippen LogP contribution is 2.41. The van der Waals surface area contributed by atoms with Gasteiger partial charge in [0.05, 0.1) is 10.6 Å². The number of benzene rings is 2. The molecule has 1 N–H and O–H groups in total. The van der Waals surface area contributed by atoms with Crippen LogP contribution in [0.25, 0.3) is 0 Å². The molecule has 2 aromatic carbocycles. The molecule has 0 bridgehead atoms. The van der Waals surface area contributed by atoms with Crippen LogP contribution in [0.4, 0.5) is 5.69 Å². The molecular formula is C19H20BrNO3S. The van der Waals surface area contributed by atoms with Gasteiger partial charge < -0.3 is 5.32 Å². The zero-order valence-electron chi connectivity index (χ0n) is 14.0. The minimum Gasteiger partial charge on any atom is -0.324 e. The van der Waals surface area contributed by atoms with Gasteiger partial charge in [0.1, 0.15) is 0 Å². The number of aryl methyl sites for hydroxylation is 1. The van der Waals surface area contributed by atoms with Gasteiger partial charge in [0.15, 0.2) is 14.6 Å². The average Bonchev–Trinajstić information content (AvgIpc) is 3.10. The van der Waals surface area contributed by atoms with Crippen molar-refractivity contribution in [1.82, 2.24) is 0 Å². The van der Waals surface area contributed by atoms with Gasteiger partial charge in [-0.1, -0.05) is 37.1 Å². The van der Waals surface area contributed by atoms with Crippen LogP contribution in [0.5, 0.6) is 0 Å². The molecule has 0 aliphatic heterocycles. The SMILES string of the molecule is Cc1ccc(NC(=O)C2(S(=O)(=O)c3ccccc3)CCCC2)c(Br)c1. The average molecular weight is 422 g/mol. The van der Waals surface area contributed by atoms with Crippen LogP contribution in [0.15, 0.2) is 57.9 Å². The summed E-state index contributed by atoms with van der Waals surface area (Å²) in [5.74, 6) is -0.446. The van der Waals surface area contributed by atoms with E-state index >= 15 is 0 Å². The fourth-order valence-corrected chi connectivity index (χ4v) is 6.03. The number of carbonyl (C=O) groups is 1. The molecule has 1 saturated carbocycles. The van der Waals surface area contributed by atoms with E-state index in [2.05, 4.69) is 21.2 Å². The largest absolute Gasteiger partial charge is 0.324 e. The molecule has 1 aliphatic carbocycles. The van der Waals surface area contributed by atoms with Crippen molar-refractivity contribution < 1.29 is 13.2 Å². The van der Waals surface area contributed by atoms with Crippen molar-refractivity contribution in [2.45, 2.75) is 42.2 Å². The number of rotatable bonds is 4. The topological polar surface area (TPSA) is 63.2 Å². The predicted molar refractivity (Wildman–Crippen MR) is 102 cm³/mol. The lowest BCUT2D eigenvalue weighted by Crippen LogP contribution is -2.47. The van der Waals surface area contributed by atoms with Gasteiger partial charge in [-0.15, -0.1) is 0 Å². The van der Waals surface area contributed by atoms with Crippen LogP contribution in [-0.4, -0.2) is 19.1 Å². The Morgan fingerprint density at radius 1 is 1.08 bits per heavy atom. The molecule has 1 amide bonds. The van der Waals surface area contributed by atoms with E-state index in [1.54, 1.807) is 36.4 Å². The second-order valence-electron chi connectivity index (χ2n) is 6.46. The van der Waals surface area contributed by atoms with E-state index in [9.17, 15) is 13.2 Å². The summed E-state index contributed by atoms with van der Waals surface area (Å²) < 4.78 is 25.8. The number of hydrogen-bond donors (Lipinski definition) is 1. The minimum atomic E-state index is -3.77. The molecule has 132 valence electrons. The molecule has 0 spiro atoms. The summed E-state index contributed by atoms with van der Waals surface area (Å²) in [7, 11) is -3.77. The highest BCUT2D eigenvalue weighted by Gasteiger charge is 2.52. The maximum atomic E-state index is 13.3. The monoisotopic (exact) mass is 421 g/mol. The van der Waals surface area contributed by atoms with Gasteiger partial charge in [0, 0.05) is 4.47 Å². The van der Waals surface area contributed by atoms with Crippen molar-refractivity contribution in [1.29, 1.82) is 0 Å². The Morgan fingerprint density at radius 3 is 2.32 bits per heavy atom. The molecule has 0 atom stereocenters. The van der Waals surface area contributed by atoms with Gasteiger partial charge in [-0.2, -0.15) is 0 Å². The number of amides is 1. The fourth-order valence-electron chi connectivity index (χ4n) is 3.35. The third-order valence-electron chi connectivity index (χ3n) is 4.77. The van der Waals surface area contributed by atoms with Gasteiger partial charge in [-0.3, -0.25) is 4.79 Å². The number of halogens is 1. The standard InChI is InChI=1S/C19H20BrNO3S/c1-14-9-10-17(16(20)13-14)21-18(22)19(11-5-6-12-19)25(23,24)15-7-3-2-4-8-15/h2-4,7-10,13H,5-6,11-12H2,1H3,(H,21,22). The third kappa shape index (κ3) is 3.25. The predicted octanol–water partition coefficient (Wildman–Crippen LogP) is 4.48. The molecule has 0 saturated heterocycles. The Labute approximate surface area is 156 Å². The van der Waals surface area contributed by atoms with Crippen LogP contribution in [0, 0.1) is 6.92 Å². The van der Waals surface area contributed by atoms with E-state index in [0.29, 0.717) is 18.5 Å². The summed E-state index contributed by atoms with van der Waals surface area (Å²) in [6, 6.07) is 13.8. The van der Waals surface area contributed by atoms with E-state index in [-0.39, 0.29) is 4.90 Å². The van der Waals surface area contributed by atoms with Crippen LogP contribution in [0.1, 0.15) is 31.2 Å². The Morgan fingerprint density at radius 2 is 1.72 bits per heavy atom. The van der Waals surface area contributed by atoms with Gasteiger partial charge >= 0.3 is 0 Å². The smallest absolute Gasteiger partial charge is 0.246 e. The quantitative estimate of drug-likeness (QED) is 0.790. The summed E-state index contributed by atoms with van der Waals surface area (Å²) in [6.45, 7) is 1.95. The lowest BCUT2D eigenvalue weighted by atomic mass is 10.1. The number of nitrogens with one attached hydrogen (secondary N) is 1. The van der Waals surface area contributed by atoms with E-state index in [0.717, 1.165) is 22.9 Å². The zero-order chi connectivity index (χ0) is 18.1. The number of sulfone groups is 1. The molecule has 4 nitrogen and oxygen atoms in total. The summed E-state index contributed by atoms with van der Waals surface area (Å²) >= 11 is 3.43. The van der Waals surface area contributed by atoms with Crippen LogP contribution < -0.4 is 5.32 Å². The Bertz CT molecular complexity index is 888. The maximum Gasteiger partial charge on any atom is 0.246 e. The summed E-state index contributed by atoms with van der Waals surface area (Å²) in [5, 5.41) is 2.83. The van der Waals surface area contributed by atoms with E-state index in [1.807, 2.05) is 19.1 Å². The highest BCUT2D eigenvalue weighted by molar-refractivity contribution is 9.10.